The van der Waals surface area contributed by atoms with Crippen molar-refractivity contribution in [2.45, 2.75) is 26.7 Å². The summed E-state index contributed by atoms with van der Waals surface area (Å²) in [5.74, 6) is 0.759. The largest absolute Gasteiger partial charge is 0.428 e. The van der Waals surface area contributed by atoms with Gasteiger partial charge in [0.1, 0.15) is 5.76 Å². The van der Waals surface area contributed by atoms with Gasteiger partial charge in [-0.2, -0.15) is 0 Å². The maximum absolute atomic E-state index is 10.3. The molecule has 0 aliphatic heterocycles. The van der Waals surface area contributed by atoms with E-state index in [-0.39, 0.29) is 30.6 Å². The fraction of sp³-hybridized carbons (Fsp3) is 0.400. The molecule has 0 saturated heterocycles. The molecule has 0 spiro atoms. The predicted octanol–water partition coefficient (Wildman–Crippen LogP) is 1.78. The molecule has 5 heteroatoms. The summed E-state index contributed by atoms with van der Waals surface area (Å²) in [6, 6.07) is 0. The van der Waals surface area contributed by atoms with E-state index in [9.17, 15) is 9.59 Å². The van der Waals surface area contributed by atoms with Gasteiger partial charge in [0.25, 0.3) is 6.47 Å². The number of aryl methyl sites for hydroxylation is 1. The van der Waals surface area contributed by atoms with Gasteiger partial charge in [0, 0.05) is 5.56 Å². The molecule has 0 bridgehead atoms. The van der Waals surface area contributed by atoms with E-state index in [4.69, 9.17) is 9.15 Å². The maximum Gasteiger partial charge on any atom is 0.337 e. The number of carbonyl (C=O) groups excluding carboxylic acids is 2. The molecule has 1 rings (SSSR count). The molecule has 82 valence electrons. The monoisotopic (exact) mass is 212 g/mol. The molecule has 5 nitrogen and oxygen atoms in total. The second kappa shape index (κ2) is 4.63. The van der Waals surface area contributed by atoms with E-state index in [0.717, 1.165) is 5.56 Å². The van der Waals surface area contributed by atoms with Crippen molar-refractivity contribution in [2.75, 3.05) is 0 Å². The van der Waals surface area contributed by atoms with Crippen LogP contribution in [-0.2, 0) is 9.59 Å². The molecule has 1 heterocycles. The van der Waals surface area contributed by atoms with Crippen LogP contribution < -0.4 is 9.47 Å². The van der Waals surface area contributed by atoms with Gasteiger partial charge in [0.15, 0.2) is 0 Å². The molecular formula is C10H12O5. The van der Waals surface area contributed by atoms with E-state index < -0.39 is 0 Å². The van der Waals surface area contributed by atoms with Crippen LogP contribution >= 0.6 is 0 Å². The smallest absolute Gasteiger partial charge is 0.337 e. The van der Waals surface area contributed by atoms with Crippen molar-refractivity contribution in [3.63, 3.8) is 0 Å². The van der Waals surface area contributed by atoms with Crippen LogP contribution in [0.1, 0.15) is 31.1 Å². The zero-order chi connectivity index (χ0) is 11.4. The van der Waals surface area contributed by atoms with Gasteiger partial charge in [-0.15, -0.1) is 0 Å². The molecule has 1 aromatic rings. The van der Waals surface area contributed by atoms with Crippen molar-refractivity contribution in [1.29, 1.82) is 0 Å². The lowest BCUT2D eigenvalue weighted by Gasteiger charge is -2.04. The Balaban J connectivity index is 3.22. The summed E-state index contributed by atoms with van der Waals surface area (Å²) < 4.78 is 14.5. The minimum Gasteiger partial charge on any atom is -0.428 e. The fourth-order valence-corrected chi connectivity index (χ4v) is 1.46. The van der Waals surface area contributed by atoms with Crippen LogP contribution in [0.4, 0.5) is 0 Å². The third-order valence-electron chi connectivity index (χ3n) is 1.95. The first-order chi connectivity index (χ1) is 7.11. The average molecular weight is 212 g/mol. The second-order valence-corrected chi connectivity index (χ2v) is 3.27. The van der Waals surface area contributed by atoms with E-state index >= 15 is 0 Å². The van der Waals surface area contributed by atoms with Crippen molar-refractivity contribution in [3.8, 4) is 11.7 Å². The Morgan fingerprint density at radius 2 is 1.80 bits per heavy atom. The lowest BCUT2D eigenvalue weighted by atomic mass is 10.0. The van der Waals surface area contributed by atoms with E-state index in [1.807, 2.05) is 13.8 Å². The van der Waals surface area contributed by atoms with Crippen molar-refractivity contribution in [3.05, 3.63) is 11.3 Å². The molecule has 1 aromatic heterocycles. The summed E-state index contributed by atoms with van der Waals surface area (Å²) in [5.41, 5.74) is 0.721. The molecule has 0 N–H and O–H groups in total. The van der Waals surface area contributed by atoms with Crippen molar-refractivity contribution >= 4 is 12.9 Å². The summed E-state index contributed by atoms with van der Waals surface area (Å²) in [6.07, 6.45) is 0. The van der Waals surface area contributed by atoms with Crippen LogP contribution in [0.5, 0.6) is 11.7 Å². The average Bonchev–Trinajstić information content (AvgIpc) is 2.44. The third-order valence-corrected chi connectivity index (χ3v) is 1.95. The highest BCUT2D eigenvalue weighted by atomic mass is 16.6. The molecule has 0 amide bonds. The number of hydrogen-bond acceptors (Lipinski definition) is 5. The zero-order valence-electron chi connectivity index (χ0n) is 8.77. The van der Waals surface area contributed by atoms with E-state index in [2.05, 4.69) is 4.74 Å². The molecule has 0 aromatic carbocycles. The third kappa shape index (κ3) is 2.18. The number of carbonyl (C=O) groups is 2. The first-order valence-corrected chi connectivity index (χ1v) is 4.45. The summed E-state index contributed by atoms with van der Waals surface area (Å²) in [5, 5.41) is 0. The van der Waals surface area contributed by atoms with Crippen molar-refractivity contribution in [1.82, 2.24) is 0 Å². The standard InChI is InChI=1S/C10H12O5/c1-6(2)8-7(3)15-10(14-5-12)9(8)13-4-11/h4-6H,1-3H3. The Bertz CT molecular complexity index is 364. The highest BCUT2D eigenvalue weighted by Gasteiger charge is 2.23. The van der Waals surface area contributed by atoms with E-state index in [0.29, 0.717) is 5.76 Å². The quantitative estimate of drug-likeness (QED) is 0.696. The Morgan fingerprint density at radius 3 is 2.27 bits per heavy atom. The Kier molecular flexibility index (Phi) is 3.49. The molecule has 0 unspecified atom stereocenters. The molecule has 0 aliphatic carbocycles. The molecular weight excluding hydrogens is 200 g/mol. The fourth-order valence-electron chi connectivity index (χ4n) is 1.46. The molecule has 0 fully saturated rings. The van der Waals surface area contributed by atoms with Crippen LogP contribution in [0.25, 0.3) is 0 Å². The minimum atomic E-state index is -0.0849. The van der Waals surface area contributed by atoms with Gasteiger partial charge in [0.05, 0.1) is 0 Å². The highest BCUT2D eigenvalue weighted by molar-refractivity contribution is 5.57. The van der Waals surface area contributed by atoms with Crippen LogP contribution in [-0.4, -0.2) is 12.9 Å². The molecule has 0 atom stereocenters. The predicted molar refractivity (Wildman–Crippen MR) is 50.9 cm³/mol. The van der Waals surface area contributed by atoms with Gasteiger partial charge in [-0.1, -0.05) is 13.8 Å². The number of rotatable bonds is 5. The van der Waals surface area contributed by atoms with Gasteiger partial charge < -0.3 is 13.9 Å². The second-order valence-electron chi connectivity index (χ2n) is 3.27. The van der Waals surface area contributed by atoms with Gasteiger partial charge >= 0.3 is 12.4 Å². The van der Waals surface area contributed by atoms with Crippen LogP contribution in [0.2, 0.25) is 0 Å². The van der Waals surface area contributed by atoms with Gasteiger partial charge in [-0.25, -0.2) is 0 Å². The van der Waals surface area contributed by atoms with Crippen LogP contribution in [0.15, 0.2) is 4.42 Å². The first-order valence-electron chi connectivity index (χ1n) is 4.45. The lowest BCUT2D eigenvalue weighted by molar-refractivity contribution is -0.124. The van der Waals surface area contributed by atoms with Gasteiger partial charge in [0.2, 0.25) is 5.75 Å². The van der Waals surface area contributed by atoms with Crippen LogP contribution in [0.3, 0.4) is 0 Å². The first kappa shape index (κ1) is 11.3. The lowest BCUT2D eigenvalue weighted by Crippen LogP contribution is -1.97. The number of hydrogen-bond donors (Lipinski definition) is 0. The minimum absolute atomic E-state index is 0.0849. The Morgan fingerprint density at radius 1 is 1.20 bits per heavy atom. The molecule has 15 heavy (non-hydrogen) atoms. The number of furan rings is 1. The summed E-state index contributed by atoms with van der Waals surface area (Å²) >= 11 is 0. The Labute approximate surface area is 87.0 Å². The van der Waals surface area contributed by atoms with Gasteiger partial charge in [-0.05, 0) is 12.8 Å². The maximum atomic E-state index is 10.3. The van der Waals surface area contributed by atoms with E-state index in [1.54, 1.807) is 6.92 Å². The topological polar surface area (TPSA) is 65.7 Å². The molecule has 0 saturated carbocycles. The van der Waals surface area contributed by atoms with Crippen LogP contribution in [0, 0.1) is 6.92 Å². The highest BCUT2D eigenvalue weighted by Crippen LogP contribution is 2.40. The SMILES string of the molecule is Cc1oc(OC=O)c(OC=O)c1C(C)C. The molecule has 0 radical (unpaired) electrons. The summed E-state index contributed by atoms with van der Waals surface area (Å²) in [4.78, 5) is 20.5. The summed E-state index contributed by atoms with van der Waals surface area (Å²) in [7, 11) is 0. The van der Waals surface area contributed by atoms with E-state index in [1.165, 1.54) is 0 Å². The van der Waals surface area contributed by atoms with Crippen molar-refractivity contribution < 1.29 is 23.5 Å². The molecule has 0 aliphatic rings. The van der Waals surface area contributed by atoms with Gasteiger partial charge in [-0.3, -0.25) is 9.59 Å². The summed E-state index contributed by atoms with van der Waals surface area (Å²) in [6.45, 7) is 6.04. The zero-order valence-corrected chi connectivity index (χ0v) is 8.77. The normalized spacial score (nSPS) is 10.1. The Hall–Kier alpha value is -1.78. The number of ether oxygens (including phenoxy) is 2. The van der Waals surface area contributed by atoms with Crippen molar-refractivity contribution in [2.24, 2.45) is 0 Å².